The maximum Gasteiger partial charge on any atom is 0.243 e. The molecule has 2 amide bonds. The van der Waals surface area contributed by atoms with Gasteiger partial charge in [0, 0.05) is 37.5 Å². The molecule has 6 heteroatoms. The number of para-hydroxylation sites is 1. The molecule has 24 heavy (non-hydrogen) atoms. The van der Waals surface area contributed by atoms with Crippen LogP contribution in [0.5, 0.6) is 0 Å². The van der Waals surface area contributed by atoms with Crippen LogP contribution in [0.3, 0.4) is 0 Å². The Kier molecular flexibility index (Phi) is 7.55. The first-order valence-electron chi connectivity index (χ1n) is 8.73. The van der Waals surface area contributed by atoms with Gasteiger partial charge >= 0.3 is 0 Å². The first kappa shape index (κ1) is 18.3. The second kappa shape index (κ2) is 9.93. The highest BCUT2D eigenvalue weighted by Gasteiger charge is 2.20. The lowest BCUT2D eigenvalue weighted by Gasteiger charge is -2.11. The molecule has 132 valence electrons. The van der Waals surface area contributed by atoms with Crippen LogP contribution in [0, 0.1) is 0 Å². The number of rotatable bonds is 10. The van der Waals surface area contributed by atoms with E-state index in [2.05, 4.69) is 28.8 Å². The van der Waals surface area contributed by atoms with Crippen LogP contribution < -0.4 is 16.1 Å². The van der Waals surface area contributed by atoms with Crippen LogP contribution in [0.4, 0.5) is 5.69 Å². The number of carbonyl (C=O) groups excluding carboxylic acids is 2. The fourth-order valence-electron chi connectivity index (χ4n) is 3.07. The molecule has 1 aromatic carbocycles. The molecule has 0 aromatic heterocycles. The number of unbranched alkanes of at least 4 members (excludes halogenated alkanes) is 3. The van der Waals surface area contributed by atoms with E-state index in [1.807, 2.05) is 6.07 Å². The van der Waals surface area contributed by atoms with Gasteiger partial charge in [-0.05, 0) is 30.9 Å². The Morgan fingerprint density at radius 1 is 1.08 bits per heavy atom. The molecule has 2 rings (SSSR count). The molecule has 1 aromatic rings. The van der Waals surface area contributed by atoms with E-state index in [0.29, 0.717) is 25.3 Å². The Labute approximate surface area is 143 Å². The maximum atomic E-state index is 11.8. The van der Waals surface area contributed by atoms with E-state index in [0.717, 1.165) is 38.6 Å². The molecule has 1 unspecified atom stereocenters. The number of hydroxylamine groups is 1. The summed E-state index contributed by atoms with van der Waals surface area (Å²) in [5.41, 5.74) is 4.18. The van der Waals surface area contributed by atoms with E-state index in [4.69, 9.17) is 5.21 Å². The fraction of sp³-hybridized carbons (Fsp3) is 0.556. The normalized spacial score (nSPS) is 15.5. The van der Waals surface area contributed by atoms with Gasteiger partial charge in [0.2, 0.25) is 11.8 Å². The van der Waals surface area contributed by atoms with Gasteiger partial charge in [0.15, 0.2) is 0 Å². The lowest BCUT2D eigenvalue weighted by molar-refractivity contribution is -0.129. The molecule has 0 aliphatic carbocycles. The molecular formula is C18H27N3O3. The van der Waals surface area contributed by atoms with E-state index < -0.39 is 0 Å². The molecule has 0 saturated heterocycles. The van der Waals surface area contributed by atoms with Gasteiger partial charge in [-0.1, -0.05) is 31.0 Å². The van der Waals surface area contributed by atoms with Crippen LogP contribution in [0.2, 0.25) is 0 Å². The molecule has 0 spiro atoms. The SMILES string of the molecule is O=C(CCCCCCC(=O)NCCC1CNc2ccccc21)NO. The topological polar surface area (TPSA) is 90.5 Å². The Hall–Kier alpha value is -2.08. The third-order valence-electron chi connectivity index (χ3n) is 4.44. The van der Waals surface area contributed by atoms with Crippen molar-refractivity contribution in [1.29, 1.82) is 0 Å². The average Bonchev–Trinajstić information content (AvgIpc) is 3.01. The lowest BCUT2D eigenvalue weighted by Crippen LogP contribution is -2.25. The summed E-state index contributed by atoms with van der Waals surface area (Å²) in [6.07, 6.45) is 5.21. The van der Waals surface area contributed by atoms with Crippen molar-refractivity contribution in [3.8, 4) is 0 Å². The zero-order chi connectivity index (χ0) is 17.2. The third-order valence-corrected chi connectivity index (χ3v) is 4.44. The van der Waals surface area contributed by atoms with Gasteiger partial charge in [-0.25, -0.2) is 5.48 Å². The van der Waals surface area contributed by atoms with Crippen LogP contribution in [0.15, 0.2) is 24.3 Å². The zero-order valence-electron chi connectivity index (χ0n) is 14.0. The predicted molar refractivity (Wildman–Crippen MR) is 92.9 cm³/mol. The molecular weight excluding hydrogens is 306 g/mol. The molecule has 0 bridgehead atoms. The second-order valence-corrected chi connectivity index (χ2v) is 6.25. The number of anilines is 1. The predicted octanol–water partition coefficient (Wildman–Crippen LogP) is 2.55. The van der Waals surface area contributed by atoms with Crippen molar-refractivity contribution in [1.82, 2.24) is 10.8 Å². The quantitative estimate of drug-likeness (QED) is 0.301. The van der Waals surface area contributed by atoms with Gasteiger partial charge in [-0.15, -0.1) is 0 Å². The highest BCUT2D eigenvalue weighted by molar-refractivity contribution is 5.75. The largest absolute Gasteiger partial charge is 0.384 e. The summed E-state index contributed by atoms with van der Waals surface area (Å²) in [6.45, 7) is 1.65. The molecule has 1 atom stereocenters. The molecule has 0 radical (unpaired) electrons. The summed E-state index contributed by atoms with van der Waals surface area (Å²) in [6, 6.07) is 8.34. The number of hydrogen-bond acceptors (Lipinski definition) is 4. The van der Waals surface area contributed by atoms with Gasteiger partial charge in [0.05, 0.1) is 0 Å². The summed E-state index contributed by atoms with van der Waals surface area (Å²) in [5, 5.41) is 14.8. The number of carbonyl (C=O) groups is 2. The van der Waals surface area contributed by atoms with Crippen LogP contribution in [-0.4, -0.2) is 30.1 Å². The average molecular weight is 333 g/mol. The minimum absolute atomic E-state index is 0.0994. The number of hydrogen-bond donors (Lipinski definition) is 4. The fourth-order valence-corrected chi connectivity index (χ4v) is 3.07. The minimum Gasteiger partial charge on any atom is -0.384 e. The summed E-state index contributed by atoms with van der Waals surface area (Å²) in [4.78, 5) is 22.7. The third kappa shape index (κ3) is 5.85. The lowest BCUT2D eigenvalue weighted by atomic mass is 9.98. The summed E-state index contributed by atoms with van der Waals surface area (Å²) in [5.74, 6) is 0.220. The van der Waals surface area contributed by atoms with Crippen LogP contribution in [-0.2, 0) is 9.59 Å². The first-order valence-corrected chi connectivity index (χ1v) is 8.73. The van der Waals surface area contributed by atoms with Crippen molar-refractivity contribution in [2.45, 2.75) is 50.9 Å². The van der Waals surface area contributed by atoms with Crippen LogP contribution in [0.1, 0.15) is 56.4 Å². The summed E-state index contributed by atoms with van der Waals surface area (Å²) < 4.78 is 0. The van der Waals surface area contributed by atoms with Gasteiger partial charge in [0.1, 0.15) is 0 Å². The number of benzene rings is 1. The molecule has 6 nitrogen and oxygen atoms in total. The number of nitrogens with one attached hydrogen (secondary N) is 3. The Bertz CT molecular complexity index is 548. The van der Waals surface area contributed by atoms with E-state index in [-0.39, 0.29) is 11.8 Å². The Balaban J connectivity index is 1.51. The van der Waals surface area contributed by atoms with Crippen LogP contribution >= 0.6 is 0 Å². The summed E-state index contributed by atoms with van der Waals surface area (Å²) in [7, 11) is 0. The number of fused-ring (bicyclic) bond motifs is 1. The number of amides is 2. The minimum atomic E-state index is -0.351. The molecule has 1 aliphatic heterocycles. The standard InChI is InChI=1S/C18H27N3O3/c22-17(9-3-1-2-4-10-18(23)21-24)19-12-11-14-13-20-16-8-6-5-7-15(14)16/h5-8,14,20,24H,1-4,9-13H2,(H,19,22)(H,21,23). The van der Waals surface area contributed by atoms with Crippen molar-refractivity contribution in [2.24, 2.45) is 0 Å². The van der Waals surface area contributed by atoms with Crippen molar-refractivity contribution < 1.29 is 14.8 Å². The highest BCUT2D eigenvalue weighted by Crippen LogP contribution is 2.32. The zero-order valence-corrected chi connectivity index (χ0v) is 14.0. The van der Waals surface area contributed by atoms with Crippen molar-refractivity contribution in [3.63, 3.8) is 0 Å². The van der Waals surface area contributed by atoms with Crippen molar-refractivity contribution in [2.75, 3.05) is 18.4 Å². The molecule has 1 aliphatic rings. The van der Waals surface area contributed by atoms with E-state index in [1.54, 1.807) is 5.48 Å². The molecule has 4 N–H and O–H groups in total. The van der Waals surface area contributed by atoms with Gasteiger partial charge in [-0.3, -0.25) is 14.8 Å². The Morgan fingerprint density at radius 2 is 1.79 bits per heavy atom. The molecule has 0 saturated carbocycles. The molecule has 1 heterocycles. The van der Waals surface area contributed by atoms with Crippen LogP contribution in [0.25, 0.3) is 0 Å². The van der Waals surface area contributed by atoms with Gasteiger partial charge < -0.3 is 10.6 Å². The van der Waals surface area contributed by atoms with Crippen molar-refractivity contribution in [3.05, 3.63) is 29.8 Å². The monoisotopic (exact) mass is 333 g/mol. The Morgan fingerprint density at radius 3 is 2.54 bits per heavy atom. The summed E-state index contributed by atoms with van der Waals surface area (Å²) >= 11 is 0. The smallest absolute Gasteiger partial charge is 0.243 e. The molecule has 0 fully saturated rings. The van der Waals surface area contributed by atoms with Crippen molar-refractivity contribution >= 4 is 17.5 Å². The van der Waals surface area contributed by atoms with E-state index >= 15 is 0 Å². The van der Waals surface area contributed by atoms with Gasteiger partial charge in [-0.2, -0.15) is 0 Å². The van der Waals surface area contributed by atoms with E-state index in [1.165, 1.54) is 11.3 Å². The van der Waals surface area contributed by atoms with E-state index in [9.17, 15) is 9.59 Å². The maximum absolute atomic E-state index is 11.8. The first-order chi connectivity index (χ1) is 11.7. The van der Waals surface area contributed by atoms with Gasteiger partial charge in [0.25, 0.3) is 0 Å². The highest BCUT2D eigenvalue weighted by atomic mass is 16.5. The second-order valence-electron chi connectivity index (χ2n) is 6.25.